The van der Waals surface area contributed by atoms with E-state index < -0.39 is 5.60 Å². The second-order valence-corrected chi connectivity index (χ2v) is 8.59. The van der Waals surface area contributed by atoms with Crippen molar-refractivity contribution in [3.63, 3.8) is 0 Å². The van der Waals surface area contributed by atoms with Crippen LogP contribution < -0.4 is 4.74 Å². The first-order valence-corrected chi connectivity index (χ1v) is 11.5. The van der Waals surface area contributed by atoms with Gasteiger partial charge in [-0.2, -0.15) is 5.26 Å². The Morgan fingerprint density at radius 2 is 1.58 bits per heavy atom. The lowest BCUT2D eigenvalue weighted by Crippen LogP contribution is -2.44. The minimum Gasteiger partial charge on any atom is -0.494 e. The maximum Gasteiger partial charge on any atom is 0.123 e. The highest BCUT2D eigenvalue weighted by atomic mass is 19.1. The van der Waals surface area contributed by atoms with E-state index in [1.807, 2.05) is 42.5 Å². The molecule has 0 aromatic heterocycles. The number of hydrogen-bond acceptors (Lipinski definition) is 4. The van der Waals surface area contributed by atoms with E-state index in [9.17, 15) is 9.50 Å². The average Bonchev–Trinajstić information content (AvgIpc) is 2.88. The molecule has 0 aliphatic carbocycles. The summed E-state index contributed by atoms with van der Waals surface area (Å²) in [5.74, 6) is 0.531. The lowest BCUT2D eigenvalue weighted by Gasteiger charge is -2.42. The van der Waals surface area contributed by atoms with Crippen LogP contribution in [0.5, 0.6) is 5.75 Å². The molecule has 1 atom stereocenters. The van der Waals surface area contributed by atoms with Crippen LogP contribution in [0.2, 0.25) is 0 Å². The van der Waals surface area contributed by atoms with Gasteiger partial charge in [0.1, 0.15) is 17.2 Å². The Hall–Kier alpha value is -3.20. The molecule has 4 nitrogen and oxygen atoms in total. The molecule has 5 heteroatoms. The number of hydrogen-bond donors (Lipinski definition) is 1. The summed E-state index contributed by atoms with van der Waals surface area (Å²) in [5, 5.41) is 20.8. The van der Waals surface area contributed by atoms with Gasteiger partial charge in [-0.25, -0.2) is 4.39 Å². The number of nitrogens with zero attached hydrogens (tertiary/aromatic N) is 2. The Morgan fingerprint density at radius 1 is 0.939 bits per heavy atom. The van der Waals surface area contributed by atoms with E-state index >= 15 is 0 Å². The number of aliphatic hydroxyl groups is 1. The van der Waals surface area contributed by atoms with Gasteiger partial charge in [0.05, 0.1) is 18.2 Å². The van der Waals surface area contributed by atoms with E-state index in [0.29, 0.717) is 12.2 Å². The van der Waals surface area contributed by atoms with Gasteiger partial charge in [-0.15, -0.1) is 0 Å². The van der Waals surface area contributed by atoms with Crippen LogP contribution >= 0.6 is 0 Å². The lowest BCUT2D eigenvalue weighted by atomic mass is 9.72. The summed E-state index contributed by atoms with van der Waals surface area (Å²) in [5.41, 5.74) is 1.08. The van der Waals surface area contributed by atoms with Crippen molar-refractivity contribution in [3.8, 4) is 11.8 Å². The first kappa shape index (κ1) is 23.0. The van der Waals surface area contributed by atoms with Gasteiger partial charge >= 0.3 is 0 Å². The van der Waals surface area contributed by atoms with Gasteiger partial charge < -0.3 is 14.7 Å². The molecule has 1 aliphatic heterocycles. The molecule has 4 rings (SSSR count). The third-order valence-electron chi connectivity index (χ3n) is 6.55. The van der Waals surface area contributed by atoms with E-state index in [-0.39, 0.29) is 11.7 Å². The number of halogens is 1. The van der Waals surface area contributed by atoms with Crippen molar-refractivity contribution in [2.45, 2.75) is 24.9 Å². The molecule has 1 aliphatic rings. The number of nitriles is 1. The summed E-state index contributed by atoms with van der Waals surface area (Å²) in [6, 6.07) is 25.2. The van der Waals surface area contributed by atoms with Gasteiger partial charge in [-0.05, 0) is 85.8 Å². The minimum atomic E-state index is -1.14. The maximum absolute atomic E-state index is 13.5. The summed E-state index contributed by atoms with van der Waals surface area (Å²) in [6.45, 7) is 3.36. The molecular weight excluding hydrogens is 415 g/mol. The number of ether oxygens (including phenoxy) is 1. The third kappa shape index (κ3) is 5.42. The fourth-order valence-corrected chi connectivity index (χ4v) is 4.71. The van der Waals surface area contributed by atoms with Crippen LogP contribution in [0.1, 0.15) is 36.0 Å². The van der Waals surface area contributed by atoms with Gasteiger partial charge in [0.15, 0.2) is 0 Å². The van der Waals surface area contributed by atoms with Gasteiger partial charge in [0.25, 0.3) is 0 Å². The minimum absolute atomic E-state index is 0.0523. The molecular formula is C28H29FN2O2. The molecule has 0 spiro atoms. The molecule has 1 unspecified atom stereocenters. The van der Waals surface area contributed by atoms with E-state index in [4.69, 9.17) is 10.00 Å². The summed E-state index contributed by atoms with van der Waals surface area (Å²) in [6.07, 6.45) is 2.63. The molecule has 1 saturated heterocycles. The predicted molar refractivity (Wildman–Crippen MR) is 126 cm³/mol. The summed E-state index contributed by atoms with van der Waals surface area (Å²) in [7, 11) is 0. The SMILES string of the molecule is N#Cc1ccc(OCCCN2CCC(C(O)(c3ccccc3)c3ccc(F)cc3)CC2)cc1. The molecule has 0 radical (unpaired) electrons. The molecule has 3 aromatic carbocycles. The highest BCUT2D eigenvalue weighted by Crippen LogP contribution is 2.42. The Balaban J connectivity index is 1.33. The van der Waals surface area contributed by atoms with E-state index in [1.54, 1.807) is 24.3 Å². The zero-order chi connectivity index (χ0) is 23.1. The highest BCUT2D eigenvalue weighted by molar-refractivity contribution is 5.37. The highest BCUT2D eigenvalue weighted by Gasteiger charge is 2.41. The Bertz CT molecular complexity index is 1060. The summed E-state index contributed by atoms with van der Waals surface area (Å²) in [4.78, 5) is 2.41. The van der Waals surface area contributed by atoms with E-state index in [1.165, 1.54) is 12.1 Å². The van der Waals surface area contributed by atoms with Gasteiger partial charge in [0.2, 0.25) is 0 Å². The van der Waals surface area contributed by atoms with Gasteiger partial charge in [-0.3, -0.25) is 0 Å². The molecule has 3 aromatic rings. The molecule has 0 bridgehead atoms. The first-order chi connectivity index (χ1) is 16.1. The molecule has 170 valence electrons. The normalized spacial score (nSPS) is 16.6. The van der Waals surface area contributed by atoms with Gasteiger partial charge in [0, 0.05) is 6.54 Å². The van der Waals surface area contributed by atoms with E-state index in [2.05, 4.69) is 11.0 Å². The van der Waals surface area contributed by atoms with Crippen LogP contribution in [-0.4, -0.2) is 36.2 Å². The zero-order valence-corrected chi connectivity index (χ0v) is 18.7. The molecule has 0 amide bonds. The number of piperidine rings is 1. The standard InChI is InChI=1S/C28H29FN2O2/c29-26-11-9-24(10-12-26)28(32,23-5-2-1-3-6-23)25-15-18-31(19-16-25)17-4-20-33-27-13-7-22(21-30)8-14-27/h1-3,5-14,25,32H,4,15-20H2. The second-order valence-electron chi connectivity index (χ2n) is 8.59. The third-order valence-corrected chi connectivity index (χ3v) is 6.55. The monoisotopic (exact) mass is 444 g/mol. The molecule has 1 N–H and O–H groups in total. The van der Waals surface area contributed by atoms with Crippen molar-refractivity contribution in [1.29, 1.82) is 5.26 Å². The fraction of sp³-hybridized carbons (Fsp3) is 0.321. The van der Waals surface area contributed by atoms with Crippen LogP contribution in [0.4, 0.5) is 4.39 Å². The molecule has 1 heterocycles. The topological polar surface area (TPSA) is 56.5 Å². The second kappa shape index (κ2) is 10.6. The van der Waals surface area contributed by atoms with Crippen LogP contribution in [0, 0.1) is 23.1 Å². The molecule has 33 heavy (non-hydrogen) atoms. The smallest absolute Gasteiger partial charge is 0.123 e. The average molecular weight is 445 g/mol. The first-order valence-electron chi connectivity index (χ1n) is 11.5. The molecule has 1 fully saturated rings. The van der Waals surface area contributed by atoms with Crippen LogP contribution in [-0.2, 0) is 5.60 Å². The van der Waals surface area contributed by atoms with Crippen molar-refractivity contribution in [2.75, 3.05) is 26.2 Å². The predicted octanol–water partition coefficient (Wildman–Crippen LogP) is 5.11. The van der Waals surface area contributed by atoms with Crippen molar-refractivity contribution in [3.05, 3.63) is 101 Å². The number of benzene rings is 3. The van der Waals surface area contributed by atoms with Crippen molar-refractivity contribution in [1.82, 2.24) is 4.90 Å². The Kier molecular flexibility index (Phi) is 7.39. The summed E-state index contributed by atoms with van der Waals surface area (Å²) >= 11 is 0. The number of likely N-dealkylation sites (tertiary alicyclic amines) is 1. The molecule has 0 saturated carbocycles. The van der Waals surface area contributed by atoms with Crippen molar-refractivity contribution in [2.24, 2.45) is 5.92 Å². The van der Waals surface area contributed by atoms with Crippen molar-refractivity contribution >= 4 is 0 Å². The van der Waals surface area contributed by atoms with Crippen molar-refractivity contribution < 1.29 is 14.2 Å². The van der Waals surface area contributed by atoms with Crippen LogP contribution in [0.25, 0.3) is 0 Å². The quantitative estimate of drug-likeness (QED) is 0.490. The maximum atomic E-state index is 13.5. The lowest BCUT2D eigenvalue weighted by molar-refractivity contribution is -0.0146. The van der Waals surface area contributed by atoms with Gasteiger partial charge in [-0.1, -0.05) is 42.5 Å². The Morgan fingerprint density at radius 3 is 2.21 bits per heavy atom. The largest absolute Gasteiger partial charge is 0.494 e. The Labute approximate surface area is 194 Å². The van der Waals surface area contributed by atoms with E-state index in [0.717, 1.165) is 55.8 Å². The zero-order valence-electron chi connectivity index (χ0n) is 18.7. The van der Waals surface area contributed by atoms with Crippen LogP contribution in [0.15, 0.2) is 78.9 Å². The number of rotatable bonds is 8. The van der Waals surface area contributed by atoms with Crippen LogP contribution in [0.3, 0.4) is 0 Å². The fourth-order valence-electron chi connectivity index (χ4n) is 4.71. The summed E-state index contributed by atoms with van der Waals surface area (Å²) < 4.78 is 19.3.